The van der Waals surface area contributed by atoms with Crippen molar-refractivity contribution in [2.75, 3.05) is 17.3 Å². The first kappa shape index (κ1) is 16.0. The highest BCUT2D eigenvalue weighted by atomic mass is 19.4. The van der Waals surface area contributed by atoms with Gasteiger partial charge in [-0.3, -0.25) is 4.79 Å². The molecule has 0 fully saturated rings. The number of carbonyl (C=O) groups excluding carboxylic acids is 1. The van der Waals surface area contributed by atoms with E-state index in [2.05, 4.69) is 15.3 Å². The zero-order valence-corrected chi connectivity index (χ0v) is 10.9. The fourth-order valence-electron chi connectivity index (χ4n) is 1.14. The summed E-state index contributed by atoms with van der Waals surface area (Å²) in [5, 5.41) is 2.61. The third-order valence-electron chi connectivity index (χ3n) is 2.51. The number of carbonyl (C=O) groups is 1. The number of alkyl halides is 3. The number of nitrogens with zero attached hydrogens (tertiary/aromatic N) is 2. The highest BCUT2D eigenvalue weighted by Crippen LogP contribution is 2.28. The third-order valence-corrected chi connectivity index (χ3v) is 2.51. The Morgan fingerprint density at radius 2 is 1.85 bits per heavy atom. The van der Waals surface area contributed by atoms with Gasteiger partial charge in [0.05, 0.1) is 5.41 Å². The van der Waals surface area contributed by atoms with Gasteiger partial charge in [-0.15, -0.1) is 0 Å². The van der Waals surface area contributed by atoms with Gasteiger partial charge in [0.25, 0.3) is 0 Å². The van der Waals surface area contributed by atoms with E-state index in [1.165, 1.54) is 6.07 Å². The number of nitrogens with one attached hydrogen (secondary N) is 2. The van der Waals surface area contributed by atoms with E-state index in [0.717, 1.165) is 0 Å². The van der Waals surface area contributed by atoms with Gasteiger partial charge in [-0.05, 0) is 13.8 Å². The van der Waals surface area contributed by atoms with E-state index in [1.807, 2.05) is 5.43 Å². The van der Waals surface area contributed by atoms with Crippen molar-refractivity contribution in [3.05, 3.63) is 11.9 Å². The topological polar surface area (TPSA) is 119 Å². The highest BCUT2D eigenvalue weighted by Gasteiger charge is 2.35. The molecule has 0 aliphatic carbocycles. The molecule has 0 bridgehead atoms. The Bertz CT molecular complexity index is 502. The molecule has 1 aromatic rings. The molecular weight excluding hydrogens is 277 g/mol. The normalized spacial score (nSPS) is 12.1. The van der Waals surface area contributed by atoms with Crippen molar-refractivity contribution in [2.45, 2.75) is 20.0 Å². The number of hydrogen-bond donors (Lipinski definition) is 4. The SMILES string of the molecule is CC(C)(CNc1cc(NN)nc(C(F)(F)F)n1)C(N)=O. The predicted octanol–water partition coefficient (Wildman–Crippen LogP) is 0.704. The Morgan fingerprint density at radius 3 is 2.30 bits per heavy atom. The number of hydrogen-bond acceptors (Lipinski definition) is 6. The summed E-state index contributed by atoms with van der Waals surface area (Å²) in [4.78, 5) is 17.6. The van der Waals surface area contributed by atoms with Crippen LogP contribution in [-0.4, -0.2) is 22.4 Å². The molecule has 1 aromatic heterocycles. The Hall–Kier alpha value is -2.10. The van der Waals surface area contributed by atoms with Crippen LogP contribution in [0.3, 0.4) is 0 Å². The Balaban J connectivity index is 2.98. The first-order valence-electron chi connectivity index (χ1n) is 5.53. The first-order chi connectivity index (χ1) is 9.06. The largest absolute Gasteiger partial charge is 0.451 e. The lowest BCUT2D eigenvalue weighted by molar-refractivity contribution is -0.144. The van der Waals surface area contributed by atoms with Crippen molar-refractivity contribution in [1.82, 2.24) is 9.97 Å². The molecule has 0 saturated heterocycles. The summed E-state index contributed by atoms with van der Waals surface area (Å²) < 4.78 is 37.8. The number of nitrogen functional groups attached to an aromatic ring is 1. The number of aromatic nitrogens is 2. The lowest BCUT2D eigenvalue weighted by Gasteiger charge is -2.21. The molecule has 6 N–H and O–H groups in total. The molecular formula is C10H15F3N6O. The van der Waals surface area contributed by atoms with Gasteiger partial charge in [-0.25, -0.2) is 15.8 Å². The zero-order valence-electron chi connectivity index (χ0n) is 10.9. The molecule has 0 spiro atoms. The molecule has 20 heavy (non-hydrogen) atoms. The minimum absolute atomic E-state index is 0.0145. The fraction of sp³-hybridized carbons (Fsp3) is 0.500. The van der Waals surface area contributed by atoms with Gasteiger partial charge in [0.15, 0.2) is 0 Å². The van der Waals surface area contributed by atoms with Crippen LogP contribution < -0.4 is 22.3 Å². The zero-order chi connectivity index (χ0) is 15.6. The van der Waals surface area contributed by atoms with Crippen LogP contribution in [0.1, 0.15) is 19.7 Å². The second-order valence-electron chi connectivity index (χ2n) is 4.71. The Kier molecular flexibility index (Phi) is 4.38. The fourth-order valence-corrected chi connectivity index (χ4v) is 1.14. The lowest BCUT2D eigenvalue weighted by Crippen LogP contribution is -2.37. The minimum Gasteiger partial charge on any atom is -0.369 e. The number of anilines is 2. The first-order valence-corrected chi connectivity index (χ1v) is 5.53. The van der Waals surface area contributed by atoms with Gasteiger partial charge in [0.2, 0.25) is 11.7 Å². The van der Waals surface area contributed by atoms with Crippen LogP contribution in [0.4, 0.5) is 24.8 Å². The molecule has 1 rings (SSSR count). The highest BCUT2D eigenvalue weighted by molar-refractivity contribution is 5.80. The number of halogens is 3. The standard InChI is InChI=1S/C10H15F3N6O/c1-9(2,7(14)20)4-16-5-3-6(19-15)18-8(17-5)10(11,12)13/h3H,4,15H2,1-2H3,(H2,14,20)(H2,16,17,18,19). The molecule has 0 aromatic carbocycles. The lowest BCUT2D eigenvalue weighted by atomic mass is 9.93. The van der Waals surface area contributed by atoms with E-state index in [0.29, 0.717) is 0 Å². The number of rotatable bonds is 5. The van der Waals surface area contributed by atoms with Gasteiger partial charge in [-0.1, -0.05) is 0 Å². The number of hydrazine groups is 1. The molecule has 1 heterocycles. The van der Waals surface area contributed by atoms with Crippen molar-refractivity contribution < 1.29 is 18.0 Å². The number of primary amides is 1. The predicted molar refractivity (Wildman–Crippen MR) is 66.3 cm³/mol. The van der Waals surface area contributed by atoms with Crippen LogP contribution in [0.5, 0.6) is 0 Å². The molecule has 0 radical (unpaired) electrons. The molecule has 0 aliphatic heterocycles. The maximum absolute atomic E-state index is 12.6. The van der Waals surface area contributed by atoms with E-state index >= 15 is 0 Å². The van der Waals surface area contributed by atoms with Gasteiger partial charge in [0, 0.05) is 12.6 Å². The van der Waals surface area contributed by atoms with Gasteiger partial charge in [0.1, 0.15) is 11.6 Å². The van der Waals surface area contributed by atoms with Gasteiger partial charge < -0.3 is 16.5 Å². The summed E-state index contributed by atoms with van der Waals surface area (Å²) >= 11 is 0. The maximum Gasteiger partial charge on any atom is 0.451 e. The molecule has 0 unspecified atom stereocenters. The monoisotopic (exact) mass is 292 g/mol. The van der Waals surface area contributed by atoms with Crippen LogP contribution in [0, 0.1) is 5.41 Å². The molecule has 7 nitrogen and oxygen atoms in total. The van der Waals surface area contributed by atoms with Crippen molar-refractivity contribution in [2.24, 2.45) is 17.0 Å². The van der Waals surface area contributed by atoms with E-state index in [-0.39, 0.29) is 18.2 Å². The van der Waals surface area contributed by atoms with Crippen molar-refractivity contribution >= 4 is 17.5 Å². The summed E-state index contributed by atoms with van der Waals surface area (Å²) in [7, 11) is 0. The minimum atomic E-state index is -4.71. The van der Waals surface area contributed by atoms with Gasteiger partial charge >= 0.3 is 6.18 Å². The number of amides is 1. The van der Waals surface area contributed by atoms with E-state index in [4.69, 9.17) is 11.6 Å². The molecule has 0 atom stereocenters. The van der Waals surface area contributed by atoms with E-state index in [1.54, 1.807) is 13.8 Å². The molecule has 0 aliphatic rings. The second-order valence-corrected chi connectivity index (χ2v) is 4.71. The van der Waals surface area contributed by atoms with Crippen LogP contribution in [0.2, 0.25) is 0 Å². The molecule has 112 valence electrons. The van der Waals surface area contributed by atoms with Crippen LogP contribution in [-0.2, 0) is 11.0 Å². The van der Waals surface area contributed by atoms with Crippen LogP contribution in [0.15, 0.2) is 6.07 Å². The Labute approximate surface area is 112 Å². The van der Waals surface area contributed by atoms with Crippen molar-refractivity contribution in [1.29, 1.82) is 0 Å². The summed E-state index contributed by atoms with van der Waals surface area (Å²) in [6.45, 7) is 3.12. The van der Waals surface area contributed by atoms with E-state index in [9.17, 15) is 18.0 Å². The van der Waals surface area contributed by atoms with Crippen molar-refractivity contribution in [3.8, 4) is 0 Å². The average molecular weight is 292 g/mol. The molecule has 1 amide bonds. The summed E-state index contributed by atoms with van der Waals surface area (Å²) in [5.74, 6) is 2.80. The maximum atomic E-state index is 12.6. The summed E-state index contributed by atoms with van der Waals surface area (Å²) in [6.07, 6.45) is -4.71. The van der Waals surface area contributed by atoms with Crippen LogP contribution in [0.25, 0.3) is 0 Å². The van der Waals surface area contributed by atoms with Gasteiger partial charge in [-0.2, -0.15) is 13.2 Å². The second kappa shape index (κ2) is 5.49. The van der Waals surface area contributed by atoms with Crippen LogP contribution >= 0.6 is 0 Å². The Morgan fingerprint density at radius 1 is 1.30 bits per heavy atom. The quantitative estimate of drug-likeness (QED) is 0.468. The molecule has 0 saturated carbocycles. The average Bonchev–Trinajstić information content (AvgIpc) is 2.34. The van der Waals surface area contributed by atoms with Crippen molar-refractivity contribution in [3.63, 3.8) is 0 Å². The summed E-state index contributed by atoms with van der Waals surface area (Å²) in [5.41, 5.74) is 6.24. The summed E-state index contributed by atoms with van der Waals surface area (Å²) in [6, 6.07) is 1.19. The molecule has 10 heteroatoms. The smallest absolute Gasteiger partial charge is 0.369 e. The third kappa shape index (κ3) is 3.95. The van der Waals surface area contributed by atoms with E-state index < -0.39 is 23.3 Å². The number of nitrogens with two attached hydrogens (primary N) is 2.